The lowest BCUT2D eigenvalue weighted by molar-refractivity contribution is 0.162. The number of aromatic nitrogens is 6. The average Bonchev–Trinajstić information content (AvgIpc) is 3.64. The van der Waals surface area contributed by atoms with Crippen molar-refractivity contribution in [3.05, 3.63) is 78.5 Å². The van der Waals surface area contributed by atoms with E-state index < -0.39 is 15.8 Å². The van der Waals surface area contributed by atoms with E-state index in [4.69, 9.17) is 9.72 Å². The number of benzene rings is 2. The highest BCUT2D eigenvalue weighted by Crippen LogP contribution is 2.33. The van der Waals surface area contributed by atoms with Crippen LogP contribution >= 0.6 is 0 Å². The summed E-state index contributed by atoms with van der Waals surface area (Å²) in [6.45, 7) is 1.85. The fourth-order valence-electron chi connectivity index (χ4n) is 5.48. The van der Waals surface area contributed by atoms with E-state index in [1.807, 2.05) is 30.5 Å². The molecule has 0 unspecified atom stereocenters. The van der Waals surface area contributed by atoms with Crippen LogP contribution in [0.25, 0.3) is 55.8 Å². The Bertz CT molecular complexity index is 2100. The van der Waals surface area contributed by atoms with Crippen LogP contribution in [-0.4, -0.2) is 64.0 Å². The summed E-state index contributed by atoms with van der Waals surface area (Å²) in [5, 5.41) is 11.9. The molecule has 1 aliphatic heterocycles. The van der Waals surface area contributed by atoms with E-state index in [1.54, 1.807) is 24.5 Å². The van der Waals surface area contributed by atoms with Gasteiger partial charge in [-0.05, 0) is 79.5 Å². The molecule has 0 saturated carbocycles. The van der Waals surface area contributed by atoms with Crippen molar-refractivity contribution in [3.8, 4) is 39.7 Å². The first-order chi connectivity index (χ1) is 21.3. The number of nitrogens with one attached hydrogen (secondary N) is 4. The molecule has 0 spiro atoms. The number of rotatable bonds is 8. The molecule has 0 aliphatic carbocycles. The molecule has 44 heavy (non-hydrogen) atoms. The van der Waals surface area contributed by atoms with Gasteiger partial charge < -0.3 is 15.0 Å². The quantitative estimate of drug-likeness (QED) is 0.196. The first-order valence-electron chi connectivity index (χ1n) is 14.2. The third-order valence-corrected chi connectivity index (χ3v) is 8.26. The van der Waals surface area contributed by atoms with Crippen molar-refractivity contribution >= 4 is 32.0 Å². The van der Waals surface area contributed by atoms with E-state index in [1.165, 1.54) is 12.1 Å². The number of sulfonamides is 1. The third kappa shape index (κ3) is 5.89. The van der Waals surface area contributed by atoms with Gasteiger partial charge in [0.15, 0.2) is 5.82 Å². The van der Waals surface area contributed by atoms with Gasteiger partial charge in [0.25, 0.3) is 0 Å². The van der Waals surface area contributed by atoms with Gasteiger partial charge in [-0.2, -0.15) is 5.10 Å². The van der Waals surface area contributed by atoms with Gasteiger partial charge in [0.2, 0.25) is 10.0 Å². The van der Waals surface area contributed by atoms with Crippen molar-refractivity contribution in [2.45, 2.75) is 25.5 Å². The summed E-state index contributed by atoms with van der Waals surface area (Å²) in [4.78, 5) is 17.1. The van der Waals surface area contributed by atoms with Crippen LogP contribution in [0.15, 0.2) is 67.1 Å². The molecule has 1 fully saturated rings. The Hall–Kier alpha value is -4.72. The minimum Gasteiger partial charge on any atom is -0.489 e. The number of pyridine rings is 2. The summed E-state index contributed by atoms with van der Waals surface area (Å²) in [7, 11) is -3.44. The number of H-pyrrole nitrogens is 2. The van der Waals surface area contributed by atoms with E-state index in [9.17, 15) is 12.8 Å². The Morgan fingerprint density at radius 1 is 0.977 bits per heavy atom. The summed E-state index contributed by atoms with van der Waals surface area (Å²) < 4.78 is 46.3. The van der Waals surface area contributed by atoms with Crippen molar-refractivity contribution in [3.63, 3.8) is 0 Å². The van der Waals surface area contributed by atoms with Crippen LogP contribution in [0.2, 0.25) is 0 Å². The van der Waals surface area contributed by atoms with Gasteiger partial charge in [-0.1, -0.05) is 6.07 Å². The Labute approximate surface area is 252 Å². The molecule has 13 heteroatoms. The van der Waals surface area contributed by atoms with Crippen LogP contribution in [-0.2, 0) is 16.6 Å². The second-order valence-corrected chi connectivity index (χ2v) is 12.7. The van der Waals surface area contributed by atoms with Gasteiger partial charge in [0, 0.05) is 35.5 Å². The van der Waals surface area contributed by atoms with E-state index >= 15 is 0 Å². The molecule has 224 valence electrons. The number of imidazole rings is 1. The summed E-state index contributed by atoms with van der Waals surface area (Å²) in [6.07, 6.45) is 8.33. The van der Waals surface area contributed by atoms with E-state index in [-0.39, 0.29) is 12.6 Å². The largest absolute Gasteiger partial charge is 0.489 e. The van der Waals surface area contributed by atoms with E-state index in [0.29, 0.717) is 39.4 Å². The molecule has 6 aromatic rings. The number of halogens is 1. The predicted octanol–water partition coefficient (Wildman–Crippen LogP) is 4.55. The van der Waals surface area contributed by atoms with Gasteiger partial charge in [-0.25, -0.2) is 22.5 Å². The monoisotopic (exact) mass is 612 g/mol. The lowest BCUT2D eigenvalue weighted by Crippen LogP contribution is -2.34. The molecule has 1 saturated heterocycles. The number of nitrogens with zero attached hydrogens (tertiary/aromatic N) is 4. The highest BCUT2D eigenvalue weighted by Gasteiger charge is 2.18. The Balaban J connectivity index is 1.23. The molecule has 4 N–H and O–H groups in total. The smallest absolute Gasteiger partial charge is 0.209 e. The van der Waals surface area contributed by atoms with Gasteiger partial charge >= 0.3 is 0 Å². The Morgan fingerprint density at radius 3 is 2.68 bits per heavy atom. The first-order valence-corrected chi connectivity index (χ1v) is 16.1. The molecule has 2 aromatic carbocycles. The molecule has 0 amide bonds. The van der Waals surface area contributed by atoms with Gasteiger partial charge in [-0.15, -0.1) is 0 Å². The third-order valence-electron chi connectivity index (χ3n) is 7.59. The summed E-state index contributed by atoms with van der Waals surface area (Å²) in [6, 6.07) is 14.2. The predicted molar refractivity (Wildman–Crippen MR) is 166 cm³/mol. The highest BCUT2D eigenvalue weighted by atomic mass is 32.2. The normalized spacial score (nSPS) is 14.4. The molecule has 5 heterocycles. The minimum atomic E-state index is -3.44. The SMILES string of the molecule is CS(=O)(=O)NCc1cc(F)cc(-c2nccc3[nH]c(-c4n[nH]c5ccc(-c6cncc(OC7CCNCC7)c6)cc45)nc23)c1. The average molecular weight is 613 g/mol. The van der Waals surface area contributed by atoms with Crippen molar-refractivity contribution < 1.29 is 17.5 Å². The zero-order chi connectivity index (χ0) is 30.3. The molecule has 0 radical (unpaired) electrons. The van der Waals surface area contributed by atoms with Gasteiger partial charge in [-0.3, -0.25) is 15.1 Å². The zero-order valence-electron chi connectivity index (χ0n) is 23.8. The fourth-order valence-corrected chi connectivity index (χ4v) is 5.91. The molecule has 1 aliphatic rings. The van der Waals surface area contributed by atoms with E-state index in [0.717, 1.165) is 60.0 Å². The zero-order valence-corrected chi connectivity index (χ0v) is 24.6. The molecular weight excluding hydrogens is 583 g/mol. The maximum atomic E-state index is 14.6. The number of ether oxygens (including phenoxy) is 1. The van der Waals surface area contributed by atoms with Gasteiger partial charge in [0.05, 0.1) is 29.2 Å². The van der Waals surface area contributed by atoms with Crippen molar-refractivity contribution in [2.24, 2.45) is 0 Å². The highest BCUT2D eigenvalue weighted by molar-refractivity contribution is 7.88. The summed E-state index contributed by atoms with van der Waals surface area (Å²) in [5.41, 5.74) is 5.98. The molecule has 0 atom stereocenters. The fraction of sp³-hybridized carbons (Fsp3) is 0.226. The lowest BCUT2D eigenvalue weighted by atomic mass is 10.0. The van der Waals surface area contributed by atoms with Crippen LogP contribution in [0.3, 0.4) is 0 Å². The number of hydrogen-bond donors (Lipinski definition) is 4. The molecule has 7 rings (SSSR count). The number of hydrogen-bond acceptors (Lipinski definition) is 8. The Kier molecular flexibility index (Phi) is 7.28. The van der Waals surface area contributed by atoms with E-state index in [2.05, 4.69) is 35.2 Å². The minimum absolute atomic E-state index is 0.0460. The second kappa shape index (κ2) is 11.4. The number of fused-ring (bicyclic) bond motifs is 2. The molecule has 0 bridgehead atoms. The van der Waals surface area contributed by atoms with Gasteiger partial charge in [0.1, 0.15) is 28.9 Å². The van der Waals surface area contributed by atoms with Crippen LogP contribution in [0.1, 0.15) is 18.4 Å². The maximum absolute atomic E-state index is 14.6. The van der Waals surface area contributed by atoms with Crippen LogP contribution in [0, 0.1) is 5.82 Å². The standard InChI is InChI=1S/C31H29FN8O3S/c1-44(41,42)36-15-18-10-20(12-22(32)11-18)28-30-27(6-9-35-28)37-31(38-30)29-25-14-19(2-3-26(25)39-40-29)21-13-24(17-34-16-21)43-23-4-7-33-8-5-23/h2-3,6,9-14,16-17,23,33,36H,4-5,7-8,15H2,1H3,(H,37,38)(H,39,40). The first kappa shape index (κ1) is 28.1. The summed E-state index contributed by atoms with van der Waals surface area (Å²) in [5.74, 6) is 0.758. The molecular formula is C31H29FN8O3S. The van der Waals surface area contributed by atoms with Crippen LogP contribution in [0.5, 0.6) is 5.75 Å². The molecule has 4 aromatic heterocycles. The van der Waals surface area contributed by atoms with Crippen LogP contribution in [0.4, 0.5) is 4.39 Å². The summed E-state index contributed by atoms with van der Waals surface area (Å²) >= 11 is 0. The second-order valence-electron chi connectivity index (χ2n) is 10.9. The van der Waals surface area contributed by atoms with Crippen LogP contribution < -0.4 is 14.8 Å². The lowest BCUT2D eigenvalue weighted by Gasteiger charge is -2.23. The number of aromatic amines is 2. The van der Waals surface area contributed by atoms with Crippen molar-refractivity contribution in [2.75, 3.05) is 19.3 Å². The topological polar surface area (TPSA) is 151 Å². The number of piperidine rings is 1. The van der Waals surface area contributed by atoms with Crippen molar-refractivity contribution in [1.82, 2.24) is 40.2 Å². The Morgan fingerprint density at radius 2 is 1.84 bits per heavy atom. The molecule has 11 nitrogen and oxygen atoms in total. The maximum Gasteiger partial charge on any atom is 0.209 e. The van der Waals surface area contributed by atoms with Crippen molar-refractivity contribution in [1.29, 1.82) is 0 Å².